The minimum absolute atomic E-state index is 0.0347. The fourth-order valence-electron chi connectivity index (χ4n) is 2.21. The highest BCUT2D eigenvalue weighted by atomic mass is 16.6. The van der Waals surface area contributed by atoms with Gasteiger partial charge in [0.05, 0.1) is 0 Å². The fraction of sp³-hybridized carbons (Fsp3) is 0.579. The quantitative estimate of drug-likeness (QED) is 0.738. The number of hydrogen-bond acceptors (Lipinski definition) is 5. The minimum atomic E-state index is -0.615. The van der Waals surface area contributed by atoms with Gasteiger partial charge in [0, 0.05) is 25.7 Å². The molecule has 1 unspecified atom stereocenters. The second kappa shape index (κ2) is 10.7. The largest absolute Gasteiger partial charge is 0.445 e. The molecule has 7 nitrogen and oxygen atoms in total. The Kier molecular flexibility index (Phi) is 8.92. The number of alkyl carbamates (subject to hydrolysis) is 1. The fourth-order valence-corrected chi connectivity index (χ4v) is 2.21. The summed E-state index contributed by atoms with van der Waals surface area (Å²) >= 11 is 0. The number of carbonyl (C=O) groups excluding carboxylic acids is 2. The number of nitrogens with one attached hydrogen (secondary N) is 1. The summed E-state index contributed by atoms with van der Waals surface area (Å²) in [6, 6.07) is 9.16. The number of nitrogens with zero attached hydrogens (tertiary/aromatic N) is 1. The van der Waals surface area contributed by atoms with Crippen molar-refractivity contribution in [1.82, 2.24) is 10.2 Å². The maximum atomic E-state index is 12.3. The van der Waals surface area contributed by atoms with Gasteiger partial charge >= 0.3 is 12.2 Å². The average Bonchev–Trinajstić information content (AvgIpc) is 2.56. The molecule has 0 saturated carbocycles. The Hall–Kier alpha value is -2.28. The second-order valence-electron chi connectivity index (χ2n) is 7.02. The lowest BCUT2D eigenvalue weighted by Crippen LogP contribution is -2.46. The Bertz CT molecular complexity index is 557. The zero-order valence-electron chi connectivity index (χ0n) is 16.0. The van der Waals surface area contributed by atoms with Crippen LogP contribution in [0.1, 0.15) is 39.7 Å². The highest BCUT2D eigenvalue weighted by Crippen LogP contribution is 2.13. The van der Waals surface area contributed by atoms with Crippen molar-refractivity contribution < 1.29 is 24.2 Å². The third kappa shape index (κ3) is 8.71. The van der Waals surface area contributed by atoms with E-state index in [1.54, 1.807) is 20.8 Å². The van der Waals surface area contributed by atoms with Gasteiger partial charge in [0.15, 0.2) is 0 Å². The molecule has 1 aromatic carbocycles. The lowest BCUT2D eigenvalue weighted by molar-refractivity contribution is 0.0156. The molecule has 26 heavy (non-hydrogen) atoms. The monoisotopic (exact) mass is 366 g/mol. The van der Waals surface area contributed by atoms with Crippen LogP contribution in [-0.2, 0) is 16.1 Å². The molecular weight excluding hydrogens is 336 g/mol. The van der Waals surface area contributed by atoms with Gasteiger partial charge in [-0.2, -0.15) is 0 Å². The first-order valence-corrected chi connectivity index (χ1v) is 8.78. The molecule has 7 heteroatoms. The van der Waals surface area contributed by atoms with Crippen molar-refractivity contribution >= 4 is 12.2 Å². The van der Waals surface area contributed by atoms with Crippen LogP contribution in [0.2, 0.25) is 0 Å². The lowest BCUT2D eigenvalue weighted by atomic mass is 10.2. The van der Waals surface area contributed by atoms with Gasteiger partial charge in [0.2, 0.25) is 0 Å². The van der Waals surface area contributed by atoms with Gasteiger partial charge in [-0.25, -0.2) is 9.59 Å². The smallest absolute Gasteiger partial charge is 0.410 e. The van der Waals surface area contributed by atoms with Crippen molar-refractivity contribution in [3.63, 3.8) is 0 Å². The number of aliphatic hydroxyl groups is 1. The molecule has 0 spiro atoms. The Morgan fingerprint density at radius 1 is 1.23 bits per heavy atom. The number of carbonyl (C=O) groups is 2. The molecule has 2 amide bonds. The van der Waals surface area contributed by atoms with Crippen LogP contribution in [0.4, 0.5) is 9.59 Å². The first-order valence-electron chi connectivity index (χ1n) is 8.78. The maximum Gasteiger partial charge on any atom is 0.410 e. The van der Waals surface area contributed by atoms with Crippen molar-refractivity contribution in [2.75, 3.05) is 19.7 Å². The number of amides is 2. The van der Waals surface area contributed by atoms with E-state index in [9.17, 15) is 9.59 Å². The van der Waals surface area contributed by atoms with Crippen molar-refractivity contribution in [2.45, 2.75) is 52.4 Å². The molecule has 0 radical (unpaired) electrons. The van der Waals surface area contributed by atoms with Gasteiger partial charge in [0.1, 0.15) is 12.2 Å². The topological polar surface area (TPSA) is 88.1 Å². The molecule has 1 aromatic rings. The Morgan fingerprint density at radius 2 is 1.88 bits per heavy atom. The van der Waals surface area contributed by atoms with E-state index in [0.29, 0.717) is 6.42 Å². The number of ether oxygens (including phenoxy) is 2. The summed E-state index contributed by atoms with van der Waals surface area (Å²) in [6.07, 6.45) is -0.594. The first-order chi connectivity index (χ1) is 12.2. The van der Waals surface area contributed by atoms with Crippen LogP contribution < -0.4 is 5.32 Å². The molecule has 146 valence electrons. The Balaban J connectivity index is 2.46. The van der Waals surface area contributed by atoms with E-state index in [0.717, 1.165) is 5.56 Å². The molecule has 0 fully saturated rings. The van der Waals surface area contributed by atoms with Crippen LogP contribution in [0.25, 0.3) is 0 Å². The minimum Gasteiger partial charge on any atom is -0.445 e. The van der Waals surface area contributed by atoms with E-state index < -0.39 is 17.8 Å². The van der Waals surface area contributed by atoms with Gasteiger partial charge in [-0.05, 0) is 39.7 Å². The summed E-state index contributed by atoms with van der Waals surface area (Å²) in [5.74, 6) is 0. The van der Waals surface area contributed by atoms with Crippen molar-refractivity contribution in [3.8, 4) is 0 Å². The van der Waals surface area contributed by atoms with E-state index in [1.807, 2.05) is 37.3 Å². The molecule has 0 heterocycles. The molecule has 0 aromatic heterocycles. The molecule has 1 atom stereocenters. The third-order valence-corrected chi connectivity index (χ3v) is 3.54. The predicted molar refractivity (Wildman–Crippen MR) is 98.7 cm³/mol. The van der Waals surface area contributed by atoms with E-state index in [1.165, 1.54) is 4.90 Å². The van der Waals surface area contributed by atoms with Crippen LogP contribution in [-0.4, -0.2) is 53.5 Å². The summed E-state index contributed by atoms with van der Waals surface area (Å²) in [7, 11) is 0. The molecule has 0 bridgehead atoms. The lowest BCUT2D eigenvalue weighted by Gasteiger charge is -2.31. The van der Waals surface area contributed by atoms with Crippen LogP contribution in [0.15, 0.2) is 30.3 Å². The summed E-state index contributed by atoms with van der Waals surface area (Å²) in [6.45, 7) is 7.83. The van der Waals surface area contributed by atoms with Crippen molar-refractivity contribution in [1.29, 1.82) is 0 Å². The second-order valence-corrected chi connectivity index (χ2v) is 7.02. The Labute approximate surface area is 155 Å². The zero-order valence-corrected chi connectivity index (χ0v) is 16.0. The Morgan fingerprint density at radius 3 is 2.46 bits per heavy atom. The van der Waals surface area contributed by atoms with Crippen molar-refractivity contribution in [3.05, 3.63) is 35.9 Å². The van der Waals surface area contributed by atoms with Gasteiger partial charge in [-0.15, -0.1) is 0 Å². The molecule has 2 N–H and O–H groups in total. The summed E-state index contributed by atoms with van der Waals surface area (Å²) < 4.78 is 10.5. The summed E-state index contributed by atoms with van der Waals surface area (Å²) in [5.41, 5.74) is 0.283. The third-order valence-electron chi connectivity index (χ3n) is 3.54. The molecule has 0 aliphatic rings. The zero-order chi connectivity index (χ0) is 19.6. The number of hydrogen-bond donors (Lipinski definition) is 2. The van der Waals surface area contributed by atoms with Crippen LogP contribution in [0.5, 0.6) is 0 Å². The standard InChI is InChI=1S/C19H30N2O5/c1-15(10-13-22)21(18(24)26-19(2,3)4)12-11-20-17(23)25-14-16-8-6-5-7-9-16/h5-9,15,22H,10-14H2,1-4H3,(H,20,23). The summed E-state index contributed by atoms with van der Waals surface area (Å²) in [5, 5.41) is 11.7. The van der Waals surface area contributed by atoms with E-state index in [4.69, 9.17) is 14.6 Å². The number of rotatable bonds is 8. The highest BCUT2D eigenvalue weighted by molar-refractivity contribution is 5.69. The highest BCUT2D eigenvalue weighted by Gasteiger charge is 2.25. The van der Waals surface area contributed by atoms with Crippen LogP contribution in [0.3, 0.4) is 0 Å². The molecular formula is C19H30N2O5. The van der Waals surface area contributed by atoms with Crippen LogP contribution >= 0.6 is 0 Å². The van der Waals surface area contributed by atoms with E-state index >= 15 is 0 Å². The van der Waals surface area contributed by atoms with Crippen molar-refractivity contribution in [2.24, 2.45) is 0 Å². The predicted octanol–water partition coefficient (Wildman–Crippen LogP) is 2.92. The van der Waals surface area contributed by atoms with E-state index in [-0.39, 0.29) is 32.3 Å². The molecule has 0 aliphatic heterocycles. The van der Waals surface area contributed by atoms with Gasteiger partial charge in [-0.1, -0.05) is 30.3 Å². The average molecular weight is 366 g/mol. The first kappa shape index (κ1) is 21.8. The van der Waals surface area contributed by atoms with Gasteiger partial charge < -0.3 is 24.8 Å². The van der Waals surface area contributed by atoms with E-state index in [2.05, 4.69) is 5.32 Å². The van der Waals surface area contributed by atoms with Gasteiger partial charge in [0.25, 0.3) is 0 Å². The maximum absolute atomic E-state index is 12.3. The molecule has 0 aliphatic carbocycles. The SMILES string of the molecule is CC(CCO)N(CCNC(=O)OCc1ccccc1)C(=O)OC(C)(C)C. The number of benzene rings is 1. The molecule has 1 rings (SSSR count). The normalized spacial score (nSPS) is 12.2. The number of aliphatic hydroxyl groups excluding tert-OH is 1. The van der Waals surface area contributed by atoms with Crippen LogP contribution in [0, 0.1) is 0 Å². The summed E-state index contributed by atoms with van der Waals surface area (Å²) in [4.78, 5) is 25.6. The molecule has 0 saturated heterocycles. The van der Waals surface area contributed by atoms with Gasteiger partial charge in [-0.3, -0.25) is 0 Å².